The first-order valence-electron chi connectivity index (χ1n) is 16.6. The number of carboxylic acid groups (broad SMARTS) is 1. The third kappa shape index (κ3) is 7.61. The molecule has 4 aromatic carbocycles. The van der Waals surface area contributed by atoms with E-state index in [4.69, 9.17) is 14.2 Å². The Labute approximate surface area is 278 Å². The van der Waals surface area contributed by atoms with Crippen LogP contribution < -0.4 is 9.47 Å². The summed E-state index contributed by atoms with van der Waals surface area (Å²) in [6.07, 6.45) is 1.72. The van der Waals surface area contributed by atoms with E-state index >= 15 is 0 Å². The Kier molecular flexibility index (Phi) is 9.81. The van der Waals surface area contributed by atoms with Crippen LogP contribution in [-0.4, -0.2) is 41.8 Å². The van der Waals surface area contributed by atoms with Crippen molar-refractivity contribution in [3.8, 4) is 17.2 Å². The van der Waals surface area contributed by atoms with Crippen LogP contribution in [0, 0.1) is 11.8 Å². The van der Waals surface area contributed by atoms with E-state index in [1.807, 2.05) is 60.7 Å². The molecule has 0 radical (unpaired) electrons. The van der Waals surface area contributed by atoms with Crippen LogP contribution in [0.25, 0.3) is 0 Å². The summed E-state index contributed by atoms with van der Waals surface area (Å²) < 4.78 is 18.9. The number of benzene rings is 4. The van der Waals surface area contributed by atoms with Gasteiger partial charge in [0.05, 0.1) is 12.2 Å². The average molecular weight is 632 g/mol. The van der Waals surface area contributed by atoms with Gasteiger partial charge in [0.15, 0.2) is 6.61 Å². The number of fused-ring (bicyclic) bond motifs is 1. The van der Waals surface area contributed by atoms with E-state index in [1.54, 1.807) is 0 Å². The zero-order chi connectivity index (χ0) is 33.0. The molecule has 0 amide bonds. The summed E-state index contributed by atoms with van der Waals surface area (Å²) in [5.74, 6) is 1.67. The lowest BCUT2D eigenvalue weighted by molar-refractivity contribution is -0.140. The number of piperidine rings is 1. The van der Waals surface area contributed by atoms with Crippen LogP contribution in [0.2, 0.25) is 0 Å². The lowest BCUT2D eigenvalue weighted by Gasteiger charge is -2.47. The summed E-state index contributed by atoms with van der Waals surface area (Å²) >= 11 is 0. The van der Waals surface area contributed by atoms with E-state index in [0.717, 1.165) is 60.7 Å². The number of para-hydroxylation sites is 1. The summed E-state index contributed by atoms with van der Waals surface area (Å²) in [7, 11) is 0. The lowest BCUT2D eigenvalue weighted by atomic mass is 9.74. The fourth-order valence-corrected chi connectivity index (χ4v) is 7.12. The molecule has 47 heavy (non-hydrogen) atoms. The lowest BCUT2D eigenvalue weighted by Crippen LogP contribution is -2.48. The summed E-state index contributed by atoms with van der Waals surface area (Å²) in [5, 5.41) is 9.43. The van der Waals surface area contributed by atoms with Gasteiger partial charge in [-0.1, -0.05) is 92.7 Å². The van der Waals surface area contributed by atoms with E-state index < -0.39 is 12.6 Å². The largest absolute Gasteiger partial charge is 0.482 e. The molecule has 6 nitrogen and oxygen atoms in total. The zero-order valence-corrected chi connectivity index (χ0v) is 27.6. The van der Waals surface area contributed by atoms with Crippen molar-refractivity contribution in [3.05, 3.63) is 138 Å². The highest BCUT2D eigenvalue weighted by molar-refractivity contribution is 5.68. The second-order valence-corrected chi connectivity index (χ2v) is 13.6. The van der Waals surface area contributed by atoms with Gasteiger partial charge in [0, 0.05) is 36.5 Å². The van der Waals surface area contributed by atoms with Crippen LogP contribution in [-0.2, 0) is 21.5 Å². The highest BCUT2D eigenvalue weighted by Crippen LogP contribution is 2.48. The molecular formula is C41H45NO5. The molecule has 2 aliphatic rings. The first kappa shape index (κ1) is 32.5. The standard InChI is InChI=1S/C41H45NO5/c1-28(2)35-23-30-26-42(25-29-15-18-34(19-16-29)46-33-13-9-6-10-14-33)22-21-37(30)47-40(35)36-24-32(17-20-38(36)45-27-39(43)44)41(3,4)31-11-7-5-8-12-31/h5-20,24,30,35,37,40H,1,21-23,25-27H2,2-4H3,(H,43,44)/t30-,35-,37+,40+/m1/s1. The van der Waals surface area contributed by atoms with Gasteiger partial charge in [0.25, 0.3) is 0 Å². The first-order valence-corrected chi connectivity index (χ1v) is 16.6. The maximum absolute atomic E-state index is 11.5. The van der Waals surface area contributed by atoms with Gasteiger partial charge in [-0.2, -0.15) is 0 Å². The molecule has 0 bridgehead atoms. The Bertz CT molecular complexity index is 1670. The number of hydrogen-bond donors (Lipinski definition) is 1. The number of aliphatic carboxylic acids is 1. The van der Waals surface area contributed by atoms with Gasteiger partial charge in [-0.3, -0.25) is 4.90 Å². The number of hydrogen-bond acceptors (Lipinski definition) is 5. The fraction of sp³-hybridized carbons (Fsp3) is 0.341. The normalized spacial score (nSPS) is 21.4. The molecule has 2 aliphatic heterocycles. The highest BCUT2D eigenvalue weighted by atomic mass is 16.5. The van der Waals surface area contributed by atoms with E-state index in [2.05, 4.69) is 74.7 Å². The quantitative estimate of drug-likeness (QED) is 0.167. The van der Waals surface area contributed by atoms with Gasteiger partial charge in [-0.05, 0) is 78.8 Å². The van der Waals surface area contributed by atoms with Crippen LogP contribution in [0.5, 0.6) is 17.2 Å². The predicted octanol–water partition coefficient (Wildman–Crippen LogP) is 8.81. The van der Waals surface area contributed by atoms with E-state index in [9.17, 15) is 9.90 Å². The molecule has 6 rings (SSSR count). The van der Waals surface area contributed by atoms with Crippen molar-refractivity contribution in [1.29, 1.82) is 0 Å². The van der Waals surface area contributed by atoms with Gasteiger partial charge in [0.1, 0.15) is 17.2 Å². The van der Waals surface area contributed by atoms with Crippen LogP contribution in [0.15, 0.2) is 115 Å². The molecule has 4 aromatic rings. The van der Waals surface area contributed by atoms with Crippen LogP contribution in [0.3, 0.4) is 0 Å². The molecule has 6 heteroatoms. The maximum atomic E-state index is 11.5. The van der Waals surface area contributed by atoms with Crippen molar-refractivity contribution in [1.82, 2.24) is 4.90 Å². The second kappa shape index (κ2) is 14.2. The van der Waals surface area contributed by atoms with Crippen molar-refractivity contribution >= 4 is 5.97 Å². The molecule has 2 fully saturated rings. The molecule has 2 heterocycles. The SMILES string of the molecule is C=C(C)[C@H]1C[C@@H]2CN(Cc3ccc(Oc4ccccc4)cc3)CC[C@@H]2O[C@@H]1c1cc(C(C)(C)c2ccccc2)ccc1OCC(=O)O. The molecular weight excluding hydrogens is 586 g/mol. The minimum Gasteiger partial charge on any atom is -0.482 e. The summed E-state index contributed by atoms with van der Waals surface area (Å²) in [4.78, 5) is 14.0. The van der Waals surface area contributed by atoms with Crippen molar-refractivity contribution in [2.45, 2.75) is 57.8 Å². The third-order valence-electron chi connectivity index (χ3n) is 9.82. The van der Waals surface area contributed by atoms with Crippen LogP contribution >= 0.6 is 0 Å². The van der Waals surface area contributed by atoms with Gasteiger partial charge in [0.2, 0.25) is 0 Å². The first-order chi connectivity index (χ1) is 22.7. The van der Waals surface area contributed by atoms with Crippen molar-refractivity contribution in [3.63, 3.8) is 0 Å². The fourth-order valence-electron chi connectivity index (χ4n) is 7.12. The second-order valence-electron chi connectivity index (χ2n) is 13.6. The minimum atomic E-state index is -1.00. The van der Waals surface area contributed by atoms with Crippen LogP contribution in [0.1, 0.15) is 62.0 Å². The monoisotopic (exact) mass is 631 g/mol. The molecule has 2 saturated heterocycles. The number of likely N-dealkylation sites (tertiary alicyclic amines) is 1. The summed E-state index contributed by atoms with van der Waals surface area (Å²) in [6.45, 7) is 13.3. The minimum absolute atomic E-state index is 0.0767. The van der Waals surface area contributed by atoms with Gasteiger partial charge >= 0.3 is 5.97 Å². The number of ether oxygens (including phenoxy) is 3. The number of carbonyl (C=O) groups is 1. The Balaban J connectivity index is 1.19. The molecule has 0 saturated carbocycles. The average Bonchev–Trinajstić information content (AvgIpc) is 3.08. The van der Waals surface area contributed by atoms with E-state index in [1.165, 1.54) is 11.1 Å². The Morgan fingerprint density at radius 3 is 2.30 bits per heavy atom. The smallest absolute Gasteiger partial charge is 0.341 e. The Morgan fingerprint density at radius 1 is 0.936 bits per heavy atom. The highest BCUT2D eigenvalue weighted by Gasteiger charge is 2.43. The third-order valence-corrected chi connectivity index (χ3v) is 9.82. The summed E-state index contributed by atoms with van der Waals surface area (Å²) in [6, 6.07) is 34.8. The predicted molar refractivity (Wildman–Crippen MR) is 185 cm³/mol. The van der Waals surface area contributed by atoms with Gasteiger partial charge < -0.3 is 19.3 Å². The molecule has 4 atom stereocenters. The molecule has 0 spiro atoms. The van der Waals surface area contributed by atoms with Crippen molar-refractivity contribution in [2.24, 2.45) is 11.8 Å². The number of carboxylic acids is 1. The molecule has 0 aliphatic carbocycles. The number of rotatable bonds is 11. The van der Waals surface area contributed by atoms with Gasteiger partial charge in [-0.15, -0.1) is 0 Å². The van der Waals surface area contributed by atoms with E-state index in [-0.39, 0.29) is 23.5 Å². The van der Waals surface area contributed by atoms with Gasteiger partial charge in [-0.25, -0.2) is 4.79 Å². The van der Waals surface area contributed by atoms with E-state index in [0.29, 0.717) is 11.7 Å². The molecule has 244 valence electrons. The molecule has 0 unspecified atom stereocenters. The topological polar surface area (TPSA) is 68.2 Å². The maximum Gasteiger partial charge on any atom is 0.341 e. The molecule has 0 aromatic heterocycles. The Morgan fingerprint density at radius 2 is 1.62 bits per heavy atom. The number of nitrogens with zero attached hydrogens (tertiary/aromatic N) is 1. The zero-order valence-electron chi connectivity index (χ0n) is 27.6. The Hall–Kier alpha value is -4.39. The van der Waals surface area contributed by atoms with Crippen molar-refractivity contribution in [2.75, 3.05) is 19.7 Å². The summed E-state index contributed by atoms with van der Waals surface area (Å²) in [5.41, 5.74) is 5.29. The van der Waals surface area contributed by atoms with Crippen LogP contribution in [0.4, 0.5) is 0 Å². The molecule has 1 N–H and O–H groups in total. The van der Waals surface area contributed by atoms with Crippen molar-refractivity contribution < 1.29 is 24.1 Å².